The highest BCUT2D eigenvalue weighted by atomic mass is 16.5. The largest absolute Gasteiger partial charge is 0.381 e. The second-order valence-corrected chi connectivity index (χ2v) is 4.64. The van der Waals surface area contributed by atoms with E-state index in [-0.39, 0.29) is 0 Å². The summed E-state index contributed by atoms with van der Waals surface area (Å²) in [5, 5.41) is 3.31. The van der Waals surface area contributed by atoms with Gasteiger partial charge < -0.3 is 10.1 Å². The summed E-state index contributed by atoms with van der Waals surface area (Å²) in [4.78, 5) is 0. The van der Waals surface area contributed by atoms with Crippen LogP contribution in [-0.4, -0.2) is 26.8 Å². The topological polar surface area (TPSA) is 21.3 Å². The molecule has 2 unspecified atom stereocenters. The van der Waals surface area contributed by atoms with E-state index in [1.165, 1.54) is 17.5 Å². The zero-order chi connectivity index (χ0) is 11.4. The summed E-state index contributed by atoms with van der Waals surface area (Å²) in [6.45, 7) is 5.09. The first-order chi connectivity index (χ1) is 7.83. The SMILES string of the molecule is CNCC(c1ccccc1C)C1CCOC1. The molecule has 1 aromatic carbocycles. The van der Waals surface area contributed by atoms with Gasteiger partial charge in [-0.25, -0.2) is 0 Å². The monoisotopic (exact) mass is 219 g/mol. The van der Waals surface area contributed by atoms with E-state index >= 15 is 0 Å². The number of aryl methyl sites for hydroxylation is 1. The number of hydrogen-bond acceptors (Lipinski definition) is 2. The molecule has 0 aliphatic carbocycles. The Balaban J connectivity index is 2.21. The minimum atomic E-state index is 0.591. The van der Waals surface area contributed by atoms with Crippen molar-refractivity contribution in [3.05, 3.63) is 35.4 Å². The lowest BCUT2D eigenvalue weighted by Gasteiger charge is -2.24. The first-order valence-electron chi connectivity index (χ1n) is 6.11. The first-order valence-corrected chi connectivity index (χ1v) is 6.11. The zero-order valence-electron chi connectivity index (χ0n) is 10.2. The summed E-state index contributed by atoms with van der Waals surface area (Å²) in [6, 6.07) is 8.71. The minimum Gasteiger partial charge on any atom is -0.381 e. The molecule has 1 aliphatic rings. The fourth-order valence-corrected chi connectivity index (χ4v) is 2.62. The van der Waals surface area contributed by atoms with Gasteiger partial charge in [0.2, 0.25) is 0 Å². The van der Waals surface area contributed by atoms with E-state index in [9.17, 15) is 0 Å². The smallest absolute Gasteiger partial charge is 0.0501 e. The second kappa shape index (κ2) is 5.46. The van der Waals surface area contributed by atoms with Crippen molar-refractivity contribution >= 4 is 0 Å². The van der Waals surface area contributed by atoms with Crippen LogP contribution in [0.4, 0.5) is 0 Å². The predicted molar refractivity (Wildman–Crippen MR) is 66.8 cm³/mol. The van der Waals surface area contributed by atoms with Crippen LogP contribution in [0.15, 0.2) is 24.3 Å². The molecule has 2 atom stereocenters. The zero-order valence-corrected chi connectivity index (χ0v) is 10.2. The quantitative estimate of drug-likeness (QED) is 0.839. The van der Waals surface area contributed by atoms with Gasteiger partial charge in [0, 0.05) is 19.1 Å². The van der Waals surface area contributed by atoms with Crippen LogP contribution >= 0.6 is 0 Å². The Hall–Kier alpha value is -0.860. The molecule has 2 heteroatoms. The summed E-state index contributed by atoms with van der Waals surface area (Å²) in [6.07, 6.45) is 1.20. The van der Waals surface area contributed by atoms with Crippen molar-refractivity contribution in [2.24, 2.45) is 5.92 Å². The summed E-state index contributed by atoms with van der Waals surface area (Å²) in [5.41, 5.74) is 2.88. The van der Waals surface area contributed by atoms with Gasteiger partial charge in [0.15, 0.2) is 0 Å². The molecule has 0 spiro atoms. The number of benzene rings is 1. The third-order valence-corrected chi connectivity index (χ3v) is 3.55. The van der Waals surface area contributed by atoms with Gasteiger partial charge >= 0.3 is 0 Å². The number of nitrogens with one attached hydrogen (secondary N) is 1. The average molecular weight is 219 g/mol. The van der Waals surface area contributed by atoms with Crippen LogP contribution in [0.5, 0.6) is 0 Å². The maximum absolute atomic E-state index is 5.52. The highest BCUT2D eigenvalue weighted by Crippen LogP contribution is 2.32. The molecule has 0 bridgehead atoms. The fourth-order valence-electron chi connectivity index (χ4n) is 2.62. The lowest BCUT2D eigenvalue weighted by molar-refractivity contribution is 0.180. The lowest BCUT2D eigenvalue weighted by atomic mass is 9.83. The Morgan fingerprint density at radius 3 is 2.88 bits per heavy atom. The van der Waals surface area contributed by atoms with Gasteiger partial charge in [0.05, 0.1) is 6.61 Å². The number of rotatable bonds is 4. The van der Waals surface area contributed by atoms with Crippen molar-refractivity contribution in [1.82, 2.24) is 5.32 Å². The van der Waals surface area contributed by atoms with E-state index in [0.717, 1.165) is 19.8 Å². The Morgan fingerprint density at radius 1 is 1.44 bits per heavy atom. The molecule has 0 radical (unpaired) electrons. The normalized spacial score (nSPS) is 22.2. The number of hydrogen-bond donors (Lipinski definition) is 1. The fraction of sp³-hybridized carbons (Fsp3) is 0.571. The third kappa shape index (κ3) is 2.45. The molecule has 16 heavy (non-hydrogen) atoms. The van der Waals surface area contributed by atoms with Crippen molar-refractivity contribution in [2.75, 3.05) is 26.8 Å². The van der Waals surface area contributed by atoms with Crippen molar-refractivity contribution in [2.45, 2.75) is 19.3 Å². The van der Waals surface area contributed by atoms with Crippen LogP contribution in [0.3, 0.4) is 0 Å². The number of likely N-dealkylation sites (N-methyl/N-ethyl adjacent to an activating group) is 1. The Morgan fingerprint density at radius 2 is 2.25 bits per heavy atom. The van der Waals surface area contributed by atoms with E-state index in [2.05, 4.69) is 36.5 Å². The molecule has 2 nitrogen and oxygen atoms in total. The first kappa shape index (κ1) is 11.6. The standard InChI is InChI=1S/C14H21NO/c1-11-5-3-4-6-13(11)14(9-15-2)12-7-8-16-10-12/h3-6,12,14-15H,7-10H2,1-2H3. The van der Waals surface area contributed by atoms with Crippen molar-refractivity contribution in [1.29, 1.82) is 0 Å². The van der Waals surface area contributed by atoms with E-state index in [0.29, 0.717) is 11.8 Å². The summed E-state index contributed by atoms with van der Waals surface area (Å²) >= 11 is 0. The van der Waals surface area contributed by atoms with E-state index < -0.39 is 0 Å². The molecule has 1 N–H and O–H groups in total. The molecule has 88 valence electrons. The Kier molecular flexibility index (Phi) is 3.97. The minimum absolute atomic E-state index is 0.591. The molecule has 1 aromatic rings. The van der Waals surface area contributed by atoms with E-state index in [4.69, 9.17) is 4.74 Å². The Bertz CT molecular complexity index is 331. The molecule has 0 aromatic heterocycles. The predicted octanol–water partition coefficient (Wildman–Crippen LogP) is 2.33. The van der Waals surface area contributed by atoms with E-state index in [1.807, 2.05) is 7.05 Å². The second-order valence-electron chi connectivity index (χ2n) is 4.64. The molecule has 0 saturated carbocycles. The van der Waals surface area contributed by atoms with Crippen molar-refractivity contribution in [3.63, 3.8) is 0 Å². The molecule has 1 fully saturated rings. The van der Waals surface area contributed by atoms with Crippen LogP contribution in [-0.2, 0) is 4.74 Å². The highest BCUT2D eigenvalue weighted by molar-refractivity contribution is 5.30. The van der Waals surface area contributed by atoms with Crippen LogP contribution in [0.2, 0.25) is 0 Å². The number of ether oxygens (including phenoxy) is 1. The summed E-state index contributed by atoms with van der Waals surface area (Å²) in [5.74, 6) is 1.27. The molecule has 0 amide bonds. The van der Waals surface area contributed by atoms with Crippen LogP contribution in [0.25, 0.3) is 0 Å². The van der Waals surface area contributed by atoms with Crippen LogP contribution in [0.1, 0.15) is 23.5 Å². The van der Waals surface area contributed by atoms with Gasteiger partial charge in [-0.1, -0.05) is 24.3 Å². The van der Waals surface area contributed by atoms with Crippen LogP contribution in [0, 0.1) is 12.8 Å². The van der Waals surface area contributed by atoms with Crippen molar-refractivity contribution < 1.29 is 4.74 Å². The molecular weight excluding hydrogens is 198 g/mol. The molecule has 1 aliphatic heterocycles. The molecule has 1 saturated heterocycles. The van der Waals surface area contributed by atoms with Crippen LogP contribution < -0.4 is 5.32 Å². The highest BCUT2D eigenvalue weighted by Gasteiger charge is 2.27. The van der Waals surface area contributed by atoms with Gasteiger partial charge in [-0.3, -0.25) is 0 Å². The van der Waals surface area contributed by atoms with Gasteiger partial charge in [-0.2, -0.15) is 0 Å². The Labute approximate surface area is 98.0 Å². The van der Waals surface area contributed by atoms with Gasteiger partial charge in [-0.05, 0) is 37.4 Å². The van der Waals surface area contributed by atoms with Gasteiger partial charge in [-0.15, -0.1) is 0 Å². The summed E-state index contributed by atoms with van der Waals surface area (Å²) in [7, 11) is 2.03. The van der Waals surface area contributed by atoms with Crippen molar-refractivity contribution in [3.8, 4) is 0 Å². The average Bonchev–Trinajstić information content (AvgIpc) is 2.80. The van der Waals surface area contributed by atoms with E-state index in [1.54, 1.807) is 0 Å². The molecule has 1 heterocycles. The molecule has 2 rings (SSSR count). The van der Waals surface area contributed by atoms with Gasteiger partial charge in [0.25, 0.3) is 0 Å². The third-order valence-electron chi connectivity index (χ3n) is 3.55. The maximum atomic E-state index is 5.52. The maximum Gasteiger partial charge on any atom is 0.0501 e. The lowest BCUT2D eigenvalue weighted by Crippen LogP contribution is -2.25. The molecular formula is C14H21NO. The van der Waals surface area contributed by atoms with Gasteiger partial charge in [0.1, 0.15) is 0 Å². The summed E-state index contributed by atoms with van der Waals surface area (Å²) < 4.78 is 5.52.